The van der Waals surface area contributed by atoms with Gasteiger partial charge in [0.15, 0.2) is 5.13 Å². The molecule has 1 aromatic heterocycles. The molecule has 5 nitrogen and oxygen atoms in total. The minimum absolute atomic E-state index is 0.258. The summed E-state index contributed by atoms with van der Waals surface area (Å²) in [7, 11) is 1.61. The van der Waals surface area contributed by atoms with Crippen LogP contribution in [0.2, 0.25) is 0 Å². The lowest BCUT2D eigenvalue weighted by Crippen LogP contribution is -2.11. The van der Waals surface area contributed by atoms with Crippen LogP contribution in [-0.2, 0) is 0 Å². The highest BCUT2D eigenvalue weighted by Gasteiger charge is 2.10. The lowest BCUT2D eigenvalue weighted by atomic mass is 10.1. The van der Waals surface area contributed by atoms with Crippen molar-refractivity contribution in [3.05, 3.63) is 65.0 Å². The highest BCUT2D eigenvalue weighted by atomic mass is 32.1. The number of nitrogens with zero attached hydrogens (tertiary/aromatic N) is 2. The van der Waals surface area contributed by atoms with Gasteiger partial charge in [0.25, 0.3) is 5.91 Å². The quantitative estimate of drug-likeness (QED) is 0.783. The molecule has 118 valence electrons. The predicted molar refractivity (Wildman–Crippen MR) is 93.2 cm³/mol. The molecule has 0 saturated heterocycles. The minimum Gasteiger partial charge on any atom is -0.497 e. The van der Waals surface area contributed by atoms with E-state index in [4.69, 9.17) is 10.00 Å². The molecular weight excluding hydrogens is 322 g/mol. The number of aromatic nitrogens is 1. The molecule has 3 aromatic rings. The second kappa shape index (κ2) is 6.94. The maximum Gasteiger partial charge on any atom is 0.257 e. The van der Waals surface area contributed by atoms with Crippen molar-refractivity contribution >= 4 is 22.4 Å². The Labute approximate surface area is 143 Å². The number of hydrogen-bond donors (Lipinski definition) is 1. The normalized spacial score (nSPS) is 10.0. The van der Waals surface area contributed by atoms with Crippen molar-refractivity contribution in [1.29, 1.82) is 5.26 Å². The topological polar surface area (TPSA) is 75.0 Å². The van der Waals surface area contributed by atoms with E-state index in [1.165, 1.54) is 11.3 Å². The van der Waals surface area contributed by atoms with Gasteiger partial charge in [-0.2, -0.15) is 5.26 Å². The van der Waals surface area contributed by atoms with Crippen molar-refractivity contribution in [3.8, 4) is 23.1 Å². The summed E-state index contributed by atoms with van der Waals surface area (Å²) in [5.41, 5.74) is 2.69. The van der Waals surface area contributed by atoms with Gasteiger partial charge in [-0.1, -0.05) is 12.1 Å². The number of amides is 1. The number of benzene rings is 2. The Hall–Kier alpha value is -3.17. The van der Waals surface area contributed by atoms with Crippen molar-refractivity contribution in [1.82, 2.24) is 4.98 Å². The van der Waals surface area contributed by atoms with E-state index in [-0.39, 0.29) is 5.91 Å². The number of thiazole rings is 1. The molecule has 0 radical (unpaired) electrons. The van der Waals surface area contributed by atoms with Gasteiger partial charge in [0, 0.05) is 16.5 Å². The summed E-state index contributed by atoms with van der Waals surface area (Å²) in [6, 6.07) is 16.1. The lowest BCUT2D eigenvalue weighted by Gasteiger charge is -2.02. The number of nitrogens with one attached hydrogen (secondary N) is 1. The van der Waals surface area contributed by atoms with Crippen LogP contribution in [0.1, 0.15) is 15.9 Å². The van der Waals surface area contributed by atoms with Gasteiger partial charge in [0.05, 0.1) is 24.4 Å². The van der Waals surface area contributed by atoms with Crippen molar-refractivity contribution in [2.24, 2.45) is 0 Å². The Bertz CT molecular complexity index is 911. The van der Waals surface area contributed by atoms with Crippen LogP contribution >= 0.6 is 11.3 Å². The fourth-order valence-corrected chi connectivity index (χ4v) is 2.83. The average molecular weight is 335 g/mol. The number of nitriles is 1. The number of carbonyl (C=O) groups excluding carboxylic acids is 1. The van der Waals surface area contributed by atoms with E-state index in [9.17, 15) is 4.79 Å². The first-order valence-electron chi connectivity index (χ1n) is 7.11. The molecule has 0 atom stereocenters. The monoisotopic (exact) mass is 335 g/mol. The molecule has 0 aliphatic carbocycles. The highest BCUT2D eigenvalue weighted by Crippen LogP contribution is 2.27. The Kier molecular flexibility index (Phi) is 4.54. The first kappa shape index (κ1) is 15.7. The molecule has 0 aliphatic rings. The van der Waals surface area contributed by atoms with Crippen molar-refractivity contribution in [2.45, 2.75) is 0 Å². The van der Waals surface area contributed by atoms with E-state index in [0.717, 1.165) is 17.0 Å². The van der Waals surface area contributed by atoms with E-state index in [1.54, 1.807) is 31.4 Å². The summed E-state index contributed by atoms with van der Waals surface area (Å²) in [5, 5.41) is 13.9. The number of anilines is 1. The molecule has 0 unspecified atom stereocenters. The molecule has 0 bridgehead atoms. The van der Waals surface area contributed by atoms with Gasteiger partial charge in [-0.3, -0.25) is 10.1 Å². The van der Waals surface area contributed by atoms with Gasteiger partial charge >= 0.3 is 0 Å². The molecular formula is C18H13N3O2S. The number of rotatable bonds is 4. The molecule has 1 heterocycles. The number of hydrogen-bond acceptors (Lipinski definition) is 5. The van der Waals surface area contributed by atoms with Crippen LogP contribution in [0.15, 0.2) is 53.9 Å². The van der Waals surface area contributed by atoms with Gasteiger partial charge in [-0.15, -0.1) is 11.3 Å². The van der Waals surface area contributed by atoms with Gasteiger partial charge < -0.3 is 4.74 Å². The van der Waals surface area contributed by atoms with E-state index in [0.29, 0.717) is 16.3 Å². The molecule has 3 rings (SSSR count). The first-order valence-corrected chi connectivity index (χ1v) is 7.99. The molecule has 2 aromatic carbocycles. The molecule has 6 heteroatoms. The summed E-state index contributed by atoms with van der Waals surface area (Å²) in [6.45, 7) is 0. The van der Waals surface area contributed by atoms with E-state index < -0.39 is 0 Å². The van der Waals surface area contributed by atoms with E-state index in [1.807, 2.05) is 35.7 Å². The SMILES string of the molecule is COc1cccc(-c2csc(NC(=O)c3ccc(C#N)cc3)n2)c1. The lowest BCUT2D eigenvalue weighted by molar-refractivity contribution is 0.102. The summed E-state index contributed by atoms with van der Waals surface area (Å²) >= 11 is 1.35. The number of carbonyl (C=O) groups is 1. The summed E-state index contributed by atoms with van der Waals surface area (Å²) in [5.74, 6) is 0.495. The Morgan fingerprint density at radius 3 is 2.75 bits per heavy atom. The van der Waals surface area contributed by atoms with Crippen LogP contribution in [0.4, 0.5) is 5.13 Å². The standard InChI is InChI=1S/C18H13N3O2S/c1-23-15-4-2-3-14(9-15)16-11-24-18(20-16)21-17(22)13-7-5-12(10-19)6-8-13/h2-9,11H,1H3,(H,20,21,22). The largest absolute Gasteiger partial charge is 0.497 e. The summed E-state index contributed by atoms with van der Waals surface area (Å²) < 4.78 is 5.21. The van der Waals surface area contributed by atoms with Crippen LogP contribution in [0, 0.1) is 11.3 Å². The molecule has 0 saturated carbocycles. The molecule has 24 heavy (non-hydrogen) atoms. The Morgan fingerprint density at radius 1 is 1.25 bits per heavy atom. The van der Waals surface area contributed by atoms with Gasteiger partial charge in [-0.05, 0) is 36.4 Å². The average Bonchev–Trinajstić information content (AvgIpc) is 3.10. The van der Waals surface area contributed by atoms with Crippen LogP contribution < -0.4 is 10.1 Å². The minimum atomic E-state index is -0.258. The Morgan fingerprint density at radius 2 is 2.04 bits per heavy atom. The van der Waals surface area contributed by atoms with Crippen LogP contribution in [0.3, 0.4) is 0 Å². The van der Waals surface area contributed by atoms with Gasteiger partial charge in [0.2, 0.25) is 0 Å². The van der Waals surface area contributed by atoms with Crippen molar-refractivity contribution in [3.63, 3.8) is 0 Å². The number of methoxy groups -OCH3 is 1. The Balaban J connectivity index is 1.75. The van der Waals surface area contributed by atoms with E-state index in [2.05, 4.69) is 10.3 Å². The summed E-state index contributed by atoms with van der Waals surface area (Å²) in [4.78, 5) is 16.6. The molecule has 0 fully saturated rings. The van der Waals surface area contributed by atoms with Gasteiger partial charge in [0.1, 0.15) is 5.75 Å². The third-order valence-corrected chi connectivity index (χ3v) is 4.12. The van der Waals surface area contributed by atoms with Crippen LogP contribution in [0.5, 0.6) is 5.75 Å². The zero-order valence-electron chi connectivity index (χ0n) is 12.8. The highest BCUT2D eigenvalue weighted by molar-refractivity contribution is 7.14. The molecule has 1 amide bonds. The second-order valence-electron chi connectivity index (χ2n) is 4.91. The first-order chi connectivity index (χ1) is 11.7. The van der Waals surface area contributed by atoms with Crippen LogP contribution in [-0.4, -0.2) is 18.0 Å². The zero-order chi connectivity index (χ0) is 16.9. The number of ether oxygens (including phenoxy) is 1. The maximum absolute atomic E-state index is 12.2. The second-order valence-corrected chi connectivity index (χ2v) is 5.77. The molecule has 1 N–H and O–H groups in total. The smallest absolute Gasteiger partial charge is 0.257 e. The third kappa shape index (κ3) is 3.42. The van der Waals surface area contributed by atoms with E-state index >= 15 is 0 Å². The fraction of sp³-hybridized carbons (Fsp3) is 0.0556. The summed E-state index contributed by atoms with van der Waals surface area (Å²) in [6.07, 6.45) is 0. The predicted octanol–water partition coefficient (Wildman–Crippen LogP) is 3.94. The van der Waals surface area contributed by atoms with Crippen molar-refractivity contribution in [2.75, 3.05) is 12.4 Å². The fourth-order valence-electron chi connectivity index (χ4n) is 2.11. The molecule has 0 aliphatic heterocycles. The third-order valence-electron chi connectivity index (χ3n) is 3.37. The van der Waals surface area contributed by atoms with Crippen LogP contribution in [0.25, 0.3) is 11.3 Å². The zero-order valence-corrected chi connectivity index (χ0v) is 13.6. The van der Waals surface area contributed by atoms with Gasteiger partial charge in [-0.25, -0.2) is 4.98 Å². The molecule has 0 spiro atoms. The maximum atomic E-state index is 12.2. The van der Waals surface area contributed by atoms with Crippen molar-refractivity contribution < 1.29 is 9.53 Å².